The molecule has 15 heteroatoms. The van der Waals surface area contributed by atoms with Crippen LogP contribution in [0.2, 0.25) is 0 Å². The molecule has 4 amide bonds. The van der Waals surface area contributed by atoms with E-state index in [1.165, 1.54) is 18.7 Å². The molecule has 0 aliphatic carbocycles. The molecule has 0 fully saturated rings. The van der Waals surface area contributed by atoms with Crippen LogP contribution in [0.3, 0.4) is 0 Å². The van der Waals surface area contributed by atoms with E-state index in [0.717, 1.165) is 22.0 Å². The number of para-hydroxylation sites is 1. The number of fused-ring (bicyclic) bond motifs is 1. The fourth-order valence-electron chi connectivity index (χ4n) is 7.82. The second-order valence-electron chi connectivity index (χ2n) is 17.2. The predicted octanol–water partition coefficient (Wildman–Crippen LogP) is 3.78. The van der Waals surface area contributed by atoms with E-state index in [9.17, 15) is 33.6 Å². The summed E-state index contributed by atoms with van der Waals surface area (Å²) in [6.45, 7) is 9.90. The minimum Gasteiger partial charge on any atom is -0.361 e. The SMILES string of the molecule is C=CCN1CC#CCN(CC(=O)[C@H](C)N)C(=O)N[C@H](Cc2c[nH]c3ccccc23)C(=O)C[C@@H](C)C(=O)N[C@H](C(=O)C[C@H](Cc2ccccc2)C(=O)N[C@@H](CCCCN)C(C)=O)CCCC1. The number of rotatable bonds is 19. The predicted molar refractivity (Wildman–Crippen MR) is 252 cm³/mol. The zero-order valence-corrected chi connectivity index (χ0v) is 38.2. The number of aromatic amines is 1. The highest BCUT2D eigenvalue weighted by molar-refractivity contribution is 5.97. The Bertz CT molecular complexity index is 2160. The zero-order valence-electron chi connectivity index (χ0n) is 38.2. The average Bonchev–Trinajstić information content (AvgIpc) is 3.69. The van der Waals surface area contributed by atoms with Gasteiger partial charge in [-0.3, -0.25) is 33.7 Å². The van der Waals surface area contributed by atoms with Crippen molar-refractivity contribution in [2.75, 3.05) is 39.3 Å². The van der Waals surface area contributed by atoms with Gasteiger partial charge in [0.1, 0.15) is 0 Å². The first kappa shape index (κ1) is 51.7. The zero-order chi connectivity index (χ0) is 47.3. The fraction of sp³-hybridized carbons (Fsp3) is 0.500. The summed E-state index contributed by atoms with van der Waals surface area (Å²) < 4.78 is 0. The van der Waals surface area contributed by atoms with Crippen molar-refractivity contribution in [3.05, 3.63) is 84.6 Å². The van der Waals surface area contributed by atoms with Crippen LogP contribution in [-0.4, -0.2) is 119 Å². The maximum absolute atomic E-state index is 14.4. The van der Waals surface area contributed by atoms with Crippen LogP contribution < -0.4 is 27.4 Å². The Morgan fingerprint density at radius 3 is 2.42 bits per heavy atom. The molecule has 0 saturated heterocycles. The van der Waals surface area contributed by atoms with E-state index in [-0.39, 0.29) is 62.5 Å². The molecule has 3 aromatic rings. The molecule has 350 valence electrons. The Kier molecular flexibility index (Phi) is 21.3. The minimum atomic E-state index is -1.10. The summed E-state index contributed by atoms with van der Waals surface area (Å²) in [5.41, 5.74) is 14.0. The molecule has 1 aromatic heterocycles. The molecule has 65 heavy (non-hydrogen) atoms. The third kappa shape index (κ3) is 16.8. The molecular weight excluding hydrogens is 825 g/mol. The number of unbranched alkanes of at least 4 members (excludes halogenated alkanes) is 1. The number of amides is 4. The Morgan fingerprint density at radius 2 is 1.71 bits per heavy atom. The number of benzene rings is 2. The van der Waals surface area contributed by atoms with E-state index >= 15 is 0 Å². The van der Waals surface area contributed by atoms with Gasteiger partial charge in [-0.05, 0) is 89.1 Å². The van der Waals surface area contributed by atoms with Crippen molar-refractivity contribution in [1.82, 2.24) is 30.7 Å². The molecule has 6 atom stereocenters. The van der Waals surface area contributed by atoms with Gasteiger partial charge in [0.05, 0.1) is 43.8 Å². The molecule has 1 aliphatic heterocycles. The largest absolute Gasteiger partial charge is 0.361 e. The number of hydrogen-bond donors (Lipinski definition) is 6. The molecule has 2 heterocycles. The van der Waals surface area contributed by atoms with Gasteiger partial charge in [-0.15, -0.1) is 6.58 Å². The van der Waals surface area contributed by atoms with Crippen LogP contribution in [0.4, 0.5) is 4.79 Å². The lowest BCUT2D eigenvalue weighted by molar-refractivity contribution is -0.134. The van der Waals surface area contributed by atoms with Gasteiger partial charge in [-0.2, -0.15) is 0 Å². The molecule has 0 saturated carbocycles. The number of nitrogens with zero attached hydrogens (tertiary/aromatic N) is 2. The minimum absolute atomic E-state index is 0.0870. The van der Waals surface area contributed by atoms with Crippen LogP contribution >= 0.6 is 0 Å². The van der Waals surface area contributed by atoms with Crippen LogP contribution in [-0.2, 0) is 41.6 Å². The van der Waals surface area contributed by atoms with E-state index < -0.39 is 59.6 Å². The maximum atomic E-state index is 14.4. The van der Waals surface area contributed by atoms with E-state index in [0.29, 0.717) is 58.3 Å². The van der Waals surface area contributed by atoms with Gasteiger partial charge in [0.15, 0.2) is 23.1 Å². The summed E-state index contributed by atoms with van der Waals surface area (Å²) >= 11 is 0. The van der Waals surface area contributed by atoms with Gasteiger partial charge in [0.2, 0.25) is 11.8 Å². The normalized spacial score (nSPS) is 19.8. The molecule has 0 bridgehead atoms. The number of aromatic nitrogens is 1. The number of carbonyl (C=O) groups excluding carboxylic acids is 7. The van der Waals surface area contributed by atoms with E-state index in [1.807, 2.05) is 54.6 Å². The molecule has 4 rings (SSSR count). The lowest BCUT2D eigenvalue weighted by atomic mass is 9.89. The van der Waals surface area contributed by atoms with Crippen molar-refractivity contribution < 1.29 is 33.6 Å². The number of urea groups is 1. The Hall–Kier alpha value is -5.95. The van der Waals surface area contributed by atoms with Crippen molar-refractivity contribution in [2.45, 2.75) is 109 Å². The molecule has 0 unspecified atom stereocenters. The molecule has 0 spiro atoms. The average molecular weight is 893 g/mol. The quantitative estimate of drug-likeness (QED) is 0.0580. The Labute approximate surface area is 383 Å². The number of nitrogens with two attached hydrogens (primary N) is 2. The van der Waals surface area contributed by atoms with Crippen molar-refractivity contribution in [3.8, 4) is 11.8 Å². The maximum Gasteiger partial charge on any atom is 0.319 e. The van der Waals surface area contributed by atoms with Crippen LogP contribution in [0.25, 0.3) is 10.9 Å². The first-order valence-corrected chi connectivity index (χ1v) is 22.8. The molecule has 8 N–H and O–H groups in total. The molecular formula is C50H68N8O7. The third-order valence-corrected chi connectivity index (χ3v) is 11.8. The number of hydrogen-bond acceptors (Lipinski definition) is 10. The highest BCUT2D eigenvalue weighted by atomic mass is 16.2. The summed E-state index contributed by atoms with van der Waals surface area (Å²) in [6, 6.07) is 12.5. The third-order valence-electron chi connectivity index (χ3n) is 11.8. The van der Waals surface area contributed by atoms with E-state index in [1.54, 1.807) is 19.2 Å². The lowest BCUT2D eigenvalue weighted by Gasteiger charge is -2.26. The van der Waals surface area contributed by atoms with Crippen molar-refractivity contribution >= 4 is 51.9 Å². The monoisotopic (exact) mass is 893 g/mol. The van der Waals surface area contributed by atoms with Crippen molar-refractivity contribution in [3.63, 3.8) is 0 Å². The summed E-state index contributed by atoms with van der Waals surface area (Å²) in [6.07, 6.45) is 6.58. The second kappa shape index (κ2) is 26.7. The standard InChI is InChI=1S/C50H68N8O7/c1-5-24-57-25-14-12-22-43(46(61)31-38(29-37-17-7-6-8-18-37)49(64)54-41(36(4)59)20-11-13-23-51)55-48(63)34(2)28-45(60)44(30-39-32-53-42-21-10-9-19-40(39)42)56-50(65)58(27-16-15-26-57)33-47(62)35(3)52/h5-10,17-19,21,32,34-35,38,41,43-44,53H,1,11-14,20,22-31,33,51-52H2,2-4H3,(H,54,64)(H,55,63)(H,56,65)/t34-,35+,38+,41+,43+,44-/m1/s1. The number of Topliss-reactive ketones (excluding diaryl/α,β-unsaturated/α-hetero) is 4. The van der Waals surface area contributed by atoms with Crippen LogP contribution in [0.1, 0.15) is 83.3 Å². The highest BCUT2D eigenvalue weighted by Crippen LogP contribution is 2.22. The number of carbonyl (C=O) groups is 7. The Balaban J connectivity index is 1.65. The molecule has 1 aliphatic rings. The first-order chi connectivity index (χ1) is 31.2. The fourth-order valence-corrected chi connectivity index (χ4v) is 7.82. The number of nitrogens with one attached hydrogen (secondary N) is 4. The van der Waals surface area contributed by atoms with Crippen molar-refractivity contribution in [2.24, 2.45) is 23.3 Å². The summed E-state index contributed by atoms with van der Waals surface area (Å²) in [4.78, 5) is 103. The molecule has 2 aromatic carbocycles. The van der Waals surface area contributed by atoms with E-state index in [2.05, 4.69) is 44.3 Å². The van der Waals surface area contributed by atoms with Gasteiger partial charge in [-0.1, -0.05) is 73.4 Å². The second-order valence-corrected chi connectivity index (χ2v) is 17.2. The van der Waals surface area contributed by atoms with Gasteiger partial charge in [-0.25, -0.2) is 4.79 Å². The number of ketones is 4. The summed E-state index contributed by atoms with van der Waals surface area (Å²) in [5.74, 6) is 2.06. The van der Waals surface area contributed by atoms with Gasteiger partial charge < -0.3 is 37.3 Å². The number of H-pyrrole nitrogens is 1. The van der Waals surface area contributed by atoms with Crippen LogP contribution in [0.15, 0.2) is 73.4 Å². The van der Waals surface area contributed by atoms with Crippen molar-refractivity contribution in [1.29, 1.82) is 0 Å². The van der Waals surface area contributed by atoms with E-state index in [4.69, 9.17) is 11.5 Å². The van der Waals surface area contributed by atoms with Gasteiger partial charge in [0.25, 0.3) is 0 Å². The smallest absolute Gasteiger partial charge is 0.319 e. The van der Waals surface area contributed by atoms with Gasteiger partial charge >= 0.3 is 6.03 Å². The van der Waals surface area contributed by atoms with Crippen LogP contribution in [0.5, 0.6) is 0 Å². The topological polar surface area (TPSA) is 230 Å². The summed E-state index contributed by atoms with van der Waals surface area (Å²) in [7, 11) is 0. The molecule has 0 radical (unpaired) electrons. The first-order valence-electron chi connectivity index (χ1n) is 22.8. The Morgan fingerprint density at radius 1 is 0.985 bits per heavy atom. The molecule has 15 nitrogen and oxygen atoms in total. The van der Waals surface area contributed by atoms with Gasteiger partial charge in [0, 0.05) is 54.7 Å². The lowest BCUT2D eigenvalue weighted by Crippen LogP contribution is -2.52. The van der Waals surface area contributed by atoms with Crippen LogP contribution in [0, 0.1) is 23.7 Å². The summed E-state index contributed by atoms with van der Waals surface area (Å²) in [5, 5.41) is 9.53. The highest BCUT2D eigenvalue weighted by Gasteiger charge is 2.33.